The van der Waals surface area contributed by atoms with Crippen molar-refractivity contribution in [1.29, 1.82) is 0 Å². The van der Waals surface area contributed by atoms with Crippen LogP contribution in [0.4, 0.5) is 0 Å². The van der Waals surface area contributed by atoms with E-state index >= 15 is 0 Å². The van der Waals surface area contributed by atoms with Crippen LogP contribution in [0, 0.1) is 5.92 Å². The molecule has 0 aromatic carbocycles. The molecule has 5 heteroatoms. The third kappa shape index (κ3) is 4.38. The van der Waals surface area contributed by atoms with Gasteiger partial charge in [-0.3, -0.25) is 0 Å². The first-order chi connectivity index (χ1) is 8.58. The average molecular weight is 256 g/mol. The van der Waals surface area contributed by atoms with Crippen LogP contribution in [-0.4, -0.2) is 28.0 Å². The highest BCUT2D eigenvalue weighted by molar-refractivity contribution is 4.93. The summed E-state index contributed by atoms with van der Waals surface area (Å²) in [6.07, 6.45) is 1.72. The summed E-state index contributed by atoms with van der Waals surface area (Å²) in [5.74, 6) is 1.25. The van der Waals surface area contributed by atoms with Crippen LogP contribution in [0.3, 0.4) is 0 Å². The second-order valence-corrected chi connectivity index (χ2v) is 4.79. The summed E-state index contributed by atoms with van der Waals surface area (Å²) in [5.41, 5.74) is 0. The molecule has 0 saturated carbocycles. The summed E-state index contributed by atoms with van der Waals surface area (Å²) < 4.78 is 10.7. The van der Waals surface area contributed by atoms with Gasteiger partial charge in [-0.2, -0.15) is 4.98 Å². The Kier molecular flexibility index (Phi) is 6.29. The first-order valence-corrected chi connectivity index (χ1v) is 6.70. The summed E-state index contributed by atoms with van der Waals surface area (Å²) in [7, 11) is 0. The van der Waals surface area contributed by atoms with Crippen molar-refractivity contribution in [2.24, 2.45) is 5.92 Å². The molecule has 1 aromatic heterocycles. The second kappa shape index (κ2) is 7.48. The maximum absolute atomic E-state index is 9.78. The molecule has 0 amide bonds. The van der Waals surface area contributed by atoms with E-state index in [1.54, 1.807) is 0 Å². The van der Waals surface area contributed by atoms with Gasteiger partial charge in [0, 0.05) is 6.61 Å². The summed E-state index contributed by atoms with van der Waals surface area (Å²) in [4.78, 5) is 4.31. The highest BCUT2D eigenvalue weighted by Gasteiger charge is 2.20. The Morgan fingerprint density at radius 3 is 2.61 bits per heavy atom. The molecule has 0 aliphatic heterocycles. The van der Waals surface area contributed by atoms with E-state index in [-0.39, 0.29) is 12.0 Å². The zero-order valence-corrected chi connectivity index (χ0v) is 11.7. The minimum absolute atomic E-state index is 0.103. The third-order valence-corrected chi connectivity index (χ3v) is 2.84. The molecule has 1 N–H and O–H groups in total. The van der Waals surface area contributed by atoms with Crippen molar-refractivity contribution in [2.45, 2.75) is 59.2 Å². The van der Waals surface area contributed by atoms with Crippen LogP contribution >= 0.6 is 0 Å². The Bertz CT molecular complexity index is 333. The number of aromatic nitrogens is 2. The zero-order chi connectivity index (χ0) is 13.5. The van der Waals surface area contributed by atoms with E-state index in [4.69, 9.17) is 9.26 Å². The van der Waals surface area contributed by atoms with Gasteiger partial charge in [-0.25, -0.2) is 0 Å². The van der Waals surface area contributed by atoms with Gasteiger partial charge < -0.3 is 14.4 Å². The lowest BCUT2D eigenvalue weighted by atomic mass is 10.0. The molecular formula is C13H24N2O3. The Morgan fingerprint density at radius 2 is 2.06 bits per heavy atom. The number of aliphatic hydroxyl groups is 1. The van der Waals surface area contributed by atoms with Crippen LogP contribution < -0.4 is 0 Å². The SMILES string of the molecule is CCCC(OCC)c1noc(CC(O)C(C)C)n1. The monoisotopic (exact) mass is 256 g/mol. The molecule has 2 unspecified atom stereocenters. The minimum atomic E-state index is -0.449. The van der Waals surface area contributed by atoms with E-state index in [0.29, 0.717) is 24.7 Å². The maximum Gasteiger partial charge on any atom is 0.229 e. The van der Waals surface area contributed by atoms with Gasteiger partial charge in [0.1, 0.15) is 6.10 Å². The topological polar surface area (TPSA) is 68.4 Å². The lowest BCUT2D eigenvalue weighted by molar-refractivity contribution is 0.0477. The van der Waals surface area contributed by atoms with Crippen molar-refractivity contribution in [3.8, 4) is 0 Å². The lowest BCUT2D eigenvalue weighted by Gasteiger charge is -2.12. The molecule has 1 aromatic rings. The van der Waals surface area contributed by atoms with E-state index < -0.39 is 6.10 Å². The highest BCUT2D eigenvalue weighted by atomic mass is 16.5. The maximum atomic E-state index is 9.78. The molecule has 18 heavy (non-hydrogen) atoms. The van der Waals surface area contributed by atoms with Crippen LogP contribution in [0.15, 0.2) is 4.52 Å². The van der Waals surface area contributed by atoms with Gasteiger partial charge >= 0.3 is 0 Å². The summed E-state index contributed by atoms with van der Waals surface area (Å²) >= 11 is 0. The molecule has 0 fully saturated rings. The van der Waals surface area contributed by atoms with Crippen molar-refractivity contribution in [3.63, 3.8) is 0 Å². The minimum Gasteiger partial charge on any atom is -0.392 e. The number of ether oxygens (including phenoxy) is 1. The largest absolute Gasteiger partial charge is 0.392 e. The normalized spacial score (nSPS) is 15.0. The molecule has 1 rings (SSSR count). The van der Waals surface area contributed by atoms with Gasteiger partial charge in [0.05, 0.1) is 12.5 Å². The third-order valence-electron chi connectivity index (χ3n) is 2.84. The number of hydrogen-bond acceptors (Lipinski definition) is 5. The quantitative estimate of drug-likeness (QED) is 0.774. The second-order valence-electron chi connectivity index (χ2n) is 4.79. The van der Waals surface area contributed by atoms with Crippen LogP contribution in [0.25, 0.3) is 0 Å². The predicted octanol–water partition coefficient (Wildman–Crippen LogP) is 2.51. The number of hydrogen-bond donors (Lipinski definition) is 1. The Hall–Kier alpha value is -0.940. The van der Waals surface area contributed by atoms with Gasteiger partial charge in [0.15, 0.2) is 0 Å². The van der Waals surface area contributed by atoms with Gasteiger partial charge in [-0.1, -0.05) is 32.3 Å². The molecule has 0 aliphatic carbocycles. The van der Waals surface area contributed by atoms with Crippen LogP contribution in [-0.2, 0) is 11.2 Å². The van der Waals surface area contributed by atoms with E-state index in [0.717, 1.165) is 12.8 Å². The van der Waals surface area contributed by atoms with Crippen molar-refractivity contribution in [1.82, 2.24) is 10.1 Å². The molecule has 104 valence electrons. The molecule has 0 spiro atoms. The summed E-state index contributed by atoms with van der Waals surface area (Å²) in [6, 6.07) is 0. The smallest absolute Gasteiger partial charge is 0.229 e. The number of nitrogens with zero attached hydrogens (tertiary/aromatic N) is 2. The van der Waals surface area contributed by atoms with Crippen LogP contribution in [0.1, 0.15) is 58.4 Å². The molecule has 0 aliphatic rings. The zero-order valence-electron chi connectivity index (χ0n) is 11.7. The Labute approximate surface area is 109 Å². The standard InChI is InChI=1S/C13H24N2O3/c1-5-7-11(17-6-2)13-14-12(18-15-13)8-10(16)9(3)4/h9-11,16H,5-8H2,1-4H3. The van der Waals surface area contributed by atoms with Gasteiger partial charge in [0.2, 0.25) is 11.7 Å². The van der Waals surface area contributed by atoms with E-state index in [2.05, 4.69) is 17.1 Å². The molecule has 2 atom stereocenters. The van der Waals surface area contributed by atoms with Gasteiger partial charge in [-0.05, 0) is 19.3 Å². The van der Waals surface area contributed by atoms with Crippen LogP contribution in [0.2, 0.25) is 0 Å². The molecule has 0 saturated heterocycles. The molecule has 1 heterocycles. The van der Waals surface area contributed by atoms with E-state index in [9.17, 15) is 5.11 Å². The number of aliphatic hydroxyl groups excluding tert-OH is 1. The molecule has 0 bridgehead atoms. The molecular weight excluding hydrogens is 232 g/mol. The van der Waals surface area contributed by atoms with Crippen molar-refractivity contribution < 1.29 is 14.4 Å². The average Bonchev–Trinajstić information content (AvgIpc) is 2.77. The predicted molar refractivity (Wildman–Crippen MR) is 68.1 cm³/mol. The van der Waals surface area contributed by atoms with Crippen molar-refractivity contribution in [3.05, 3.63) is 11.7 Å². The fraction of sp³-hybridized carbons (Fsp3) is 0.846. The fourth-order valence-electron chi connectivity index (χ4n) is 1.65. The first kappa shape index (κ1) is 15.1. The van der Waals surface area contributed by atoms with E-state index in [1.165, 1.54) is 0 Å². The van der Waals surface area contributed by atoms with E-state index in [1.807, 2.05) is 20.8 Å². The van der Waals surface area contributed by atoms with Crippen molar-refractivity contribution in [2.75, 3.05) is 6.61 Å². The summed E-state index contributed by atoms with van der Waals surface area (Å²) in [5, 5.41) is 13.7. The Balaban J connectivity index is 2.65. The highest BCUT2D eigenvalue weighted by Crippen LogP contribution is 2.20. The lowest BCUT2D eigenvalue weighted by Crippen LogP contribution is -2.17. The summed E-state index contributed by atoms with van der Waals surface area (Å²) in [6.45, 7) is 8.59. The van der Waals surface area contributed by atoms with Crippen molar-refractivity contribution >= 4 is 0 Å². The molecule has 5 nitrogen and oxygen atoms in total. The first-order valence-electron chi connectivity index (χ1n) is 6.70. The van der Waals surface area contributed by atoms with Gasteiger partial charge in [0.25, 0.3) is 0 Å². The fourth-order valence-corrected chi connectivity index (χ4v) is 1.65. The Morgan fingerprint density at radius 1 is 1.33 bits per heavy atom. The van der Waals surface area contributed by atoms with Crippen LogP contribution in [0.5, 0.6) is 0 Å². The molecule has 0 radical (unpaired) electrons. The van der Waals surface area contributed by atoms with Gasteiger partial charge in [-0.15, -0.1) is 0 Å². The number of rotatable bonds is 8.